The molecule has 1 heterocycles. The van der Waals surface area contributed by atoms with E-state index in [2.05, 4.69) is 15.9 Å². The van der Waals surface area contributed by atoms with Gasteiger partial charge in [0.05, 0.1) is 11.4 Å². The second kappa shape index (κ2) is 4.89. The number of anilines is 1. The molecule has 1 aromatic heterocycles. The fraction of sp³-hybridized carbons (Fsp3) is 0.357. The lowest BCUT2D eigenvalue weighted by atomic mass is 10.2. The van der Waals surface area contributed by atoms with Gasteiger partial charge in [0.1, 0.15) is 5.69 Å². The average molecular weight is 324 g/mol. The van der Waals surface area contributed by atoms with Crippen LogP contribution in [0.4, 0.5) is 5.69 Å². The molecular weight excluding hydrogens is 306 g/mol. The van der Waals surface area contributed by atoms with Crippen LogP contribution < -0.4 is 11.3 Å². The van der Waals surface area contributed by atoms with Crippen molar-refractivity contribution in [2.75, 3.05) is 5.73 Å². The summed E-state index contributed by atoms with van der Waals surface area (Å²) in [6.45, 7) is 7.93. The first-order valence-electron chi connectivity index (χ1n) is 6.20. The Balaban J connectivity index is 2.82. The Bertz CT molecular complexity index is 683. The Labute approximate surface area is 120 Å². The number of hydrogen-bond acceptors (Lipinski definition) is 2. The maximum atomic E-state index is 12.4. The molecule has 4 nitrogen and oxygen atoms in total. The average Bonchev–Trinajstić information content (AvgIpc) is 2.54. The minimum absolute atomic E-state index is 0.156. The van der Waals surface area contributed by atoms with Crippen molar-refractivity contribution in [1.82, 2.24) is 9.36 Å². The molecule has 0 saturated heterocycles. The molecule has 0 aliphatic rings. The van der Waals surface area contributed by atoms with Gasteiger partial charge in [0.15, 0.2) is 0 Å². The van der Waals surface area contributed by atoms with Gasteiger partial charge in [-0.25, -0.2) is 4.68 Å². The van der Waals surface area contributed by atoms with Crippen LogP contribution in [0.5, 0.6) is 0 Å². The molecule has 0 aliphatic carbocycles. The smallest absolute Gasteiger partial charge is 0.294 e. The molecule has 0 bridgehead atoms. The number of rotatable bonds is 2. The lowest BCUT2D eigenvalue weighted by Gasteiger charge is -2.18. The van der Waals surface area contributed by atoms with Gasteiger partial charge in [-0.05, 0) is 51.5 Å². The highest BCUT2D eigenvalue weighted by molar-refractivity contribution is 9.10. The van der Waals surface area contributed by atoms with E-state index in [1.54, 1.807) is 4.68 Å². The predicted octanol–water partition coefficient (Wildman–Crippen LogP) is 3.18. The lowest BCUT2D eigenvalue weighted by molar-refractivity contribution is 0.466. The van der Waals surface area contributed by atoms with E-state index in [1.165, 1.54) is 0 Å². The molecule has 0 aliphatic heterocycles. The van der Waals surface area contributed by atoms with E-state index in [4.69, 9.17) is 5.73 Å². The number of benzene rings is 1. The summed E-state index contributed by atoms with van der Waals surface area (Å²) in [7, 11) is 0. The van der Waals surface area contributed by atoms with Crippen molar-refractivity contribution in [2.45, 2.75) is 33.7 Å². The molecule has 0 atom stereocenters. The third-order valence-electron chi connectivity index (χ3n) is 3.25. The number of nitrogen functional groups attached to an aromatic ring is 1. The molecule has 2 aromatic rings. The van der Waals surface area contributed by atoms with Crippen LogP contribution in [-0.4, -0.2) is 9.36 Å². The number of aromatic nitrogens is 2. The van der Waals surface area contributed by atoms with E-state index in [0.717, 1.165) is 21.4 Å². The van der Waals surface area contributed by atoms with E-state index < -0.39 is 0 Å². The summed E-state index contributed by atoms with van der Waals surface area (Å²) >= 11 is 3.44. The van der Waals surface area contributed by atoms with E-state index in [-0.39, 0.29) is 11.6 Å². The standard InChI is InChI=1S/C14H18BrN3O/c1-8(2)17-10(4)13(16)14(19)18(17)12-6-5-11(15)7-9(12)3/h5-8H,16H2,1-4H3. The Morgan fingerprint density at radius 2 is 1.89 bits per heavy atom. The molecule has 2 rings (SSSR count). The van der Waals surface area contributed by atoms with Crippen molar-refractivity contribution in [2.24, 2.45) is 0 Å². The molecule has 19 heavy (non-hydrogen) atoms. The van der Waals surface area contributed by atoms with Crippen LogP contribution in [-0.2, 0) is 0 Å². The number of nitrogens with zero attached hydrogens (tertiary/aromatic N) is 2. The molecule has 0 saturated carbocycles. The van der Waals surface area contributed by atoms with Crippen molar-refractivity contribution < 1.29 is 0 Å². The normalized spacial score (nSPS) is 11.3. The highest BCUT2D eigenvalue weighted by Crippen LogP contribution is 2.22. The first kappa shape index (κ1) is 13.9. The summed E-state index contributed by atoms with van der Waals surface area (Å²) in [5.74, 6) is 0. The zero-order valence-electron chi connectivity index (χ0n) is 11.6. The third-order valence-corrected chi connectivity index (χ3v) is 3.74. The maximum Gasteiger partial charge on any atom is 0.294 e. The van der Waals surface area contributed by atoms with Gasteiger partial charge in [0.25, 0.3) is 5.56 Å². The zero-order chi connectivity index (χ0) is 14.3. The fourth-order valence-corrected chi connectivity index (χ4v) is 2.82. The van der Waals surface area contributed by atoms with Crippen LogP contribution >= 0.6 is 15.9 Å². The summed E-state index contributed by atoms with van der Waals surface area (Å²) in [4.78, 5) is 12.4. The zero-order valence-corrected chi connectivity index (χ0v) is 13.2. The summed E-state index contributed by atoms with van der Waals surface area (Å²) in [6, 6.07) is 6.01. The van der Waals surface area contributed by atoms with Gasteiger partial charge in [-0.3, -0.25) is 9.48 Å². The summed E-state index contributed by atoms with van der Waals surface area (Å²) in [5.41, 5.74) is 8.75. The quantitative estimate of drug-likeness (QED) is 0.922. The molecule has 2 N–H and O–H groups in total. The van der Waals surface area contributed by atoms with Gasteiger partial charge in [0.2, 0.25) is 0 Å². The first-order valence-corrected chi connectivity index (χ1v) is 7.00. The van der Waals surface area contributed by atoms with Crippen LogP contribution in [0.1, 0.15) is 31.1 Å². The molecule has 0 fully saturated rings. The SMILES string of the molecule is Cc1cc(Br)ccc1-n1c(=O)c(N)c(C)n1C(C)C. The van der Waals surface area contributed by atoms with E-state index in [1.807, 2.05) is 50.6 Å². The predicted molar refractivity (Wildman–Crippen MR) is 82.0 cm³/mol. The Morgan fingerprint density at radius 1 is 1.26 bits per heavy atom. The second-order valence-corrected chi connectivity index (χ2v) is 5.90. The van der Waals surface area contributed by atoms with Crippen LogP contribution in [0.15, 0.2) is 27.5 Å². The molecular formula is C14H18BrN3O. The Morgan fingerprint density at radius 3 is 2.42 bits per heavy atom. The van der Waals surface area contributed by atoms with Crippen molar-refractivity contribution >= 4 is 21.6 Å². The largest absolute Gasteiger partial charge is 0.393 e. The van der Waals surface area contributed by atoms with E-state index in [9.17, 15) is 4.79 Å². The van der Waals surface area contributed by atoms with Crippen molar-refractivity contribution in [3.8, 4) is 5.69 Å². The molecule has 0 unspecified atom stereocenters. The summed E-state index contributed by atoms with van der Waals surface area (Å²) < 4.78 is 4.60. The number of aryl methyl sites for hydroxylation is 1. The fourth-order valence-electron chi connectivity index (χ4n) is 2.34. The molecule has 102 valence electrons. The van der Waals surface area contributed by atoms with Crippen LogP contribution in [0.2, 0.25) is 0 Å². The number of halogens is 1. The second-order valence-electron chi connectivity index (χ2n) is 4.99. The first-order chi connectivity index (χ1) is 8.84. The third kappa shape index (κ3) is 2.23. The molecule has 0 radical (unpaired) electrons. The lowest BCUT2D eigenvalue weighted by Crippen LogP contribution is -2.24. The van der Waals surface area contributed by atoms with E-state index >= 15 is 0 Å². The van der Waals surface area contributed by atoms with Gasteiger partial charge in [0, 0.05) is 10.5 Å². The summed E-state index contributed by atoms with van der Waals surface area (Å²) in [6.07, 6.45) is 0. The maximum absolute atomic E-state index is 12.4. The van der Waals surface area contributed by atoms with Gasteiger partial charge in [-0.2, -0.15) is 0 Å². The minimum atomic E-state index is -0.156. The molecule has 5 heteroatoms. The highest BCUT2D eigenvalue weighted by atomic mass is 79.9. The van der Waals surface area contributed by atoms with Crippen LogP contribution in [0, 0.1) is 13.8 Å². The molecule has 0 spiro atoms. The summed E-state index contributed by atoms with van der Waals surface area (Å²) in [5, 5.41) is 0. The minimum Gasteiger partial charge on any atom is -0.393 e. The number of nitrogens with two attached hydrogens (primary N) is 1. The van der Waals surface area contributed by atoms with Gasteiger partial charge in [-0.15, -0.1) is 0 Å². The van der Waals surface area contributed by atoms with E-state index in [0.29, 0.717) is 5.69 Å². The van der Waals surface area contributed by atoms with Gasteiger partial charge >= 0.3 is 0 Å². The molecule has 1 aromatic carbocycles. The van der Waals surface area contributed by atoms with Crippen LogP contribution in [0.25, 0.3) is 5.69 Å². The van der Waals surface area contributed by atoms with Gasteiger partial charge < -0.3 is 5.73 Å². The van der Waals surface area contributed by atoms with Crippen LogP contribution in [0.3, 0.4) is 0 Å². The Kier molecular flexibility index (Phi) is 3.58. The molecule has 0 amide bonds. The highest BCUT2D eigenvalue weighted by Gasteiger charge is 2.18. The monoisotopic (exact) mass is 323 g/mol. The van der Waals surface area contributed by atoms with Crippen molar-refractivity contribution in [1.29, 1.82) is 0 Å². The number of hydrogen-bond donors (Lipinski definition) is 1. The van der Waals surface area contributed by atoms with Crippen molar-refractivity contribution in [3.05, 3.63) is 44.3 Å². The van der Waals surface area contributed by atoms with Crippen molar-refractivity contribution in [3.63, 3.8) is 0 Å². The topological polar surface area (TPSA) is 52.9 Å². The van der Waals surface area contributed by atoms with Gasteiger partial charge in [-0.1, -0.05) is 15.9 Å². The Hall–Kier alpha value is -1.49.